The molecule has 31 heavy (non-hydrogen) atoms. The first-order valence-electron chi connectivity index (χ1n) is 9.40. The van der Waals surface area contributed by atoms with Crippen LogP contribution in [-0.4, -0.2) is 38.4 Å². The standard InChI is InChI=1S/C23H20N2O6/c1-13-20(21(25-31-13)14-8-6-5-7-9-14)22-24-16(23(26)30-22)10-15-11-18(28-3)19(29-4)12-17(15)27-2/h5-12H,1-4H3. The molecule has 0 N–H and O–H groups in total. The van der Waals surface area contributed by atoms with Crippen molar-refractivity contribution < 1.29 is 28.3 Å². The Morgan fingerprint density at radius 3 is 2.29 bits per heavy atom. The molecule has 0 radical (unpaired) electrons. The number of nitrogens with zero attached hydrogens (tertiary/aromatic N) is 2. The maximum atomic E-state index is 12.6. The summed E-state index contributed by atoms with van der Waals surface area (Å²) >= 11 is 0. The molecule has 1 aromatic heterocycles. The van der Waals surface area contributed by atoms with Crippen LogP contribution in [0, 0.1) is 6.92 Å². The van der Waals surface area contributed by atoms with Gasteiger partial charge in [-0.1, -0.05) is 35.5 Å². The van der Waals surface area contributed by atoms with Crippen LogP contribution in [0.5, 0.6) is 17.2 Å². The molecule has 8 nitrogen and oxygen atoms in total. The number of rotatable bonds is 6. The lowest BCUT2D eigenvalue weighted by Crippen LogP contribution is -2.07. The third kappa shape index (κ3) is 3.75. The van der Waals surface area contributed by atoms with Crippen LogP contribution in [0.3, 0.4) is 0 Å². The molecule has 0 spiro atoms. The summed E-state index contributed by atoms with van der Waals surface area (Å²) in [6.45, 7) is 1.74. The van der Waals surface area contributed by atoms with E-state index < -0.39 is 5.97 Å². The second-order valence-corrected chi connectivity index (χ2v) is 6.61. The van der Waals surface area contributed by atoms with E-state index in [9.17, 15) is 4.79 Å². The van der Waals surface area contributed by atoms with Crippen LogP contribution in [0.15, 0.2) is 57.7 Å². The number of ether oxygens (including phenoxy) is 4. The molecule has 0 bridgehead atoms. The Labute approximate surface area is 178 Å². The van der Waals surface area contributed by atoms with Gasteiger partial charge in [0.25, 0.3) is 0 Å². The Balaban J connectivity index is 1.78. The van der Waals surface area contributed by atoms with Crippen molar-refractivity contribution in [2.75, 3.05) is 21.3 Å². The minimum Gasteiger partial charge on any atom is -0.496 e. The molecule has 0 atom stereocenters. The second kappa shape index (κ2) is 8.35. The van der Waals surface area contributed by atoms with Crippen molar-refractivity contribution in [3.8, 4) is 28.5 Å². The normalized spacial score (nSPS) is 14.4. The summed E-state index contributed by atoms with van der Waals surface area (Å²) in [5, 5.41) is 4.12. The molecule has 158 valence electrons. The zero-order chi connectivity index (χ0) is 22.0. The molecule has 0 aliphatic carbocycles. The fourth-order valence-electron chi connectivity index (χ4n) is 3.25. The minimum atomic E-state index is -0.591. The van der Waals surface area contributed by atoms with Crippen LogP contribution in [-0.2, 0) is 9.53 Å². The average molecular weight is 420 g/mol. The van der Waals surface area contributed by atoms with Crippen LogP contribution in [0.2, 0.25) is 0 Å². The van der Waals surface area contributed by atoms with Crippen molar-refractivity contribution in [3.63, 3.8) is 0 Å². The van der Waals surface area contributed by atoms with Crippen molar-refractivity contribution in [3.05, 3.63) is 65.0 Å². The molecular formula is C23H20N2O6. The number of methoxy groups -OCH3 is 3. The van der Waals surface area contributed by atoms with Gasteiger partial charge in [0.2, 0.25) is 5.90 Å². The smallest absolute Gasteiger partial charge is 0.363 e. The fraction of sp³-hybridized carbons (Fsp3) is 0.174. The van der Waals surface area contributed by atoms with Gasteiger partial charge in [0.15, 0.2) is 17.2 Å². The van der Waals surface area contributed by atoms with E-state index in [0.29, 0.717) is 39.8 Å². The highest BCUT2D eigenvalue weighted by Crippen LogP contribution is 2.36. The zero-order valence-electron chi connectivity index (χ0n) is 17.5. The van der Waals surface area contributed by atoms with Gasteiger partial charge in [-0.05, 0) is 19.1 Å². The first kappa shape index (κ1) is 20.2. The zero-order valence-corrected chi connectivity index (χ0v) is 17.5. The quantitative estimate of drug-likeness (QED) is 0.439. The fourth-order valence-corrected chi connectivity index (χ4v) is 3.25. The summed E-state index contributed by atoms with van der Waals surface area (Å²) in [5.74, 6) is 1.53. The SMILES string of the molecule is COc1cc(OC)c(OC)cc1C=C1N=C(c2c(-c3ccccc3)noc2C)OC1=O. The molecule has 0 saturated heterocycles. The molecule has 3 aromatic rings. The summed E-state index contributed by atoms with van der Waals surface area (Å²) in [4.78, 5) is 17.0. The highest BCUT2D eigenvalue weighted by atomic mass is 16.6. The van der Waals surface area contributed by atoms with E-state index in [-0.39, 0.29) is 11.6 Å². The molecule has 0 saturated carbocycles. The topological polar surface area (TPSA) is 92.4 Å². The van der Waals surface area contributed by atoms with E-state index >= 15 is 0 Å². The van der Waals surface area contributed by atoms with Crippen molar-refractivity contribution in [2.45, 2.75) is 6.92 Å². The van der Waals surface area contributed by atoms with Crippen molar-refractivity contribution >= 4 is 17.9 Å². The van der Waals surface area contributed by atoms with Gasteiger partial charge in [-0.2, -0.15) is 0 Å². The van der Waals surface area contributed by atoms with E-state index in [4.69, 9.17) is 23.5 Å². The van der Waals surface area contributed by atoms with Crippen molar-refractivity contribution in [1.82, 2.24) is 5.16 Å². The lowest BCUT2D eigenvalue weighted by atomic mass is 10.1. The molecule has 0 unspecified atom stereocenters. The Hall–Kier alpha value is -4.07. The van der Waals surface area contributed by atoms with Gasteiger partial charge >= 0.3 is 5.97 Å². The molecule has 2 aromatic carbocycles. The predicted molar refractivity (Wildman–Crippen MR) is 113 cm³/mol. The molecular weight excluding hydrogens is 400 g/mol. The maximum Gasteiger partial charge on any atom is 0.363 e. The molecule has 8 heteroatoms. The van der Waals surface area contributed by atoms with Gasteiger partial charge < -0.3 is 23.5 Å². The lowest BCUT2D eigenvalue weighted by Gasteiger charge is -2.12. The number of carbonyl (C=O) groups is 1. The first-order valence-corrected chi connectivity index (χ1v) is 9.40. The molecule has 1 aliphatic heterocycles. The van der Waals surface area contributed by atoms with E-state index in [0.717, 1.165) is 5.56 Å². The third-order valence-electron chi connectivity index (χ3n) is 4.77. The molecule has 0 amide bonds. The van der Waals surface area contributed by atoms with Gasteiger partial charge in [0.05, 0.1) is 21.3 Å². The van der Waals surface area contributed by atoms with Crippen LogP contribution < -0.4 is 14.2 Å². The van der Waals surface area contributed by atoms with Crippen LogP contribution in [0.25, 0.3) is 17.3 Å². The minimum absolute atomic E-state index is 0.111. The van der Waals surface area contributed by atoms with Gasteiger partial charge in [-0.15, -0.1) is 0 Å². The first-order chi connectivity index (χ1) is 15.0. The molecule has 2 heterocycles. The number of hydrogen-bond donors (Lipinski definition) is 0. The summed E-state index contributed by atoms with van der Waals surface area (Å²) in [7, 11) is 4.59. The van der Waals surface area contributed by atoms with Crippen LogP contribution in [0.4, 0.5) is 0 Å². The van der Waals surface area contributed by atoms with Gasteiger partial charge in [0.1, 0.15) is 22.8 Å². The van der Waals surface area contributed by atoms with E-state index in [2.05, 4.69) is 10.1 Å². The number of aromatic nitrogens is 1. The number of hydrogen-bond acceptors (Lipinski definition) is 8. The highest BCUT2D eigenvalue weighted by molar-refractivity contribution is 6.15. The molecule has 0 fully saturated rings. The molecule has 1 aliphatic rings. The number of carbonyl (C=O) groups excluding carboxylic acids is 1. The summed E-state index contributed by atoms with van der Waals surface area (Å²) in [6, 6.07) is 12.8. The largest absolute Gasteiger partial charge is 0.496 e. The van der Waals surface area contributed by atoms with Crippen molar-refractivity contribution in [1.29, 1.82) is 0 Å². The lowest BCUT2D eigenvalue weighted by molar-refractivity contribution is -0.129. The van der Waals surface area contributed by atoms with Gasteiger partial charge in [-0.3, -0.25) is 0 Å². The average Bonchev–Trinajstić information content (AvgIpc) is 3.35. The second-order valence-electron chi connectivity index (χ2n) is 6.61. The number of esters is 1. The van der Waals surface area contributed by atoms with Crippen LogP contribution in [0.1, 0.15) is 16.9 Å². The summed E-state index contributed by atoms with van der Waals surface area (Å²) < 4.78 is 26.9. The summed E-state index contributed by atoms with van der Waals surface area (Å²) in [5.41, 5.74) is 2.60. The number of aliphatic imine (C=N–C) groups is 1. The van der Waals surface area contributed by atoms with Gasteiger partial charge in [0, 0.05) is 17.2 Å². The van der Waals surface area contributed by atoms with Crippen LogP contribution >= 0.6 is 0 Å². The predicted octanol–water partition coefficient (Wildman–Crippen LogP) is 4.02. The third-order valence-corrected chi connectivity index (χ3v) is 4.77. The van der Waals surface area contributed by atoms with E-state index in [1.165, 1.54) is 21.3 Å². The van der Waals surface area contributed by atoms with E-state index in [1.54, 1.807) is 25.1 Å². The Morgan fingerprint density at radius 2 is 1.61 bits per heavy atom. The molecule has 4 rings (SSSR count). The van der Waals surface area contributed by atoms with Gasteiger partial charge in [-0.25, -0.2) is 9.79 Å². The summed E-state index contributed by atoms with van der Waals surface area (Å²) in [6.07, 6.45) is 1.57. The number of cyclic esters (lactones) is 1. The Morgan fingerprint density at radius 1 is 0.935 bits per heavy atom. The van der Waals surface area contributed by atoms with E-state index in [1.807, 2.05) is 30.3 Å². The number of aryl methyl sites for hydroxylation is 1. The maximum absolute atomic E-state index is 12.6. The number of benzene rings is 2. The Kier molecular flexibility index (Phi) is 5.44. The highest BCUT2D eigenvalue weighted by Gasteiger charge is 2.30. The monoisotopic (exact) mass is 420 g/mol. The Bertz CT molecular complexity index is 1190. The van der Waals surface area contributed by atoms with Crippen molar-refractivity contribution in [2.24, 2.45) is 4.99 Å².